The zero-order valence-corrected chi connectivity index (χ0v) is 9.90. The van der Waals surface area contributed by atoms with E-state index in [2.05, 4.69) is 9.97 Å². The summed E-state index contributed by atoms with van der Waals surface area (Å²) in [6.07, 6.45) is 3.29. The predicted octanol–water partition coefficient (Wildman–Crippen LogP) is 2.30. The fourth-order valence-electron chi connectivity index (χ4n) is 1.28. The van der Waals surface area contributed by atoms with Crippen LogP contribution < -0.4 is 4.74 Å². The smallest absolute Gasteiger partial charge is 0.359 e. The Morgan fingerprint density at radius 1 is 1.59 bits per heavy atom. The standard InChI is InChI=1S/C11H10N2O3S/c1-2-16-11-8(10(14)15)13-9(17-11)7-4-3-5-12-6-7/h3-6H,2H2,1H3,(H,14,15). The molecule has 0 aliphatic rings. The van der Waals surface area contributed by atoms with Gasteiger partial charge in [-0.05, 0) is 19.1 Å². The number of rotatable bonds is 4. The van der Waals surface area contributed by atoms with Gasteiger partial charge >= 0.3 is 5.97 Å². The summed E-state index contributed by atoms with van der Waals surface area (Å²) < 4.78 is 5.26. The second-order valence-corrected chi connectivity index (χ2v) is 4.10. The molecule has 2 aromatic rings. The van der Waals surface area contributed by atoms with E-state index in [4.69, 9.17) is 9.84 Å². The number of aromatic carboxylic acids is 1. The van der Waals surface area contributed by atoms with Gasteiger partial charge in [-0.2, -0.15) is 0 Å². The Morgan fingerprint density at radius 3 is 3.00 bits per heavy atom. The highest BCUT2D eigenvalue weighted by molar-refractivity contribution is 7.17. The van der Waals surface area contributed by atoms with E-state index in [-0.39, 0.29) is 5.69 Å². The average Bonchev–Trinajstić information content (AvgIpc) is 2.75. The molecular weight excluding hydrogens is 240 g/mol. The lowest BCUT2D eigenvalue weighted by molar-refractivity contribution is 0.0687. The topological polar surface area (TPSA) is 72.3 Å². The molecule has 0 radical (unpaired) electrons. The Morgan fingerprint density at radius 2 is 2.41 bits per heavy atom. The molecule has 1 N–H and O–H groups in total. The average molecular weight is 250 g/mol. The van der Waals surface area contributed by atoms with Gasteiger partial charge in [-0.3, -0.25) is 4.98 Å². The summed E-state index contributed by atoms with van der Waals surface area (Å²) in [7, 11) is 0. The Bertz CT molecular complexity index is 525. The first-order valence-corrected chi connectivity index (χ1v) is 5.81. The molecule has 0 unspecified atom stereocenters. The largest absolute Gasteiger partial charge is 0.482 e. The minimum atomic E-state index is -1.08. The zero-order valence-electron chi connectivity index (χ0n) is 9.08. The van der Waals surface area contributed by atoms with Crippen molar-refractivity contribution in [2.45, 2.75) is 6.92 Å². The first-order chi connectivity index (χ1) is 8.22. The van der Waals surface area contributed by atoms with Gasteiger partial charge in [0.15, 0.2) is 0 Å². The summed E-state index contributed by atoms with van der Waals surface area (Å²) in [4.78, 5) is 19.0. The second-order valence-electron chi connectivity index (χ2n) is 3.13. The number of carboxylic acid groups (broad SMARTS) is 1. The third-order valence-electron chi connectivity index (χ3n) is 1.98. The van der Waals surface area contributed by atoms with Gasteiger partial charge in [0.2, 0.25) is 10.8 Å². The van der Waals surface area contributed by atoms with Gasteiger partial charge in [0.05, 0.1) is 6.61 Å². The van der Waals surface area contributed by atoms with E-state index < -0.39 is 5.97 Å². The van der Waals surface area contributed by atoms with Gasteiger partial charge in [-0.25, -0.2) is 9.78 Å². The number of thiazole rings is 1. The maximum absolute atomic E-state index is 11.0. The van der Waals surface area contributed by atoms with E-state index >= 15 is 0 Å². The van der Waals surface area contributed by atoms with E-state index in [9.17, 15) is 4.79 Å². The van der Waals surface area contributed by atoms with E-state index in [0.29, 0.717) is 16.7 Å². The van der Waals surface area contributed by atoms with Crippen molar-refractivity contribution < 1.29 is 14.6 Å². The molecule has 0 aliphatic carbocycles. The van der Waals surface area contributed by atoms with Crippen molar-refractivity contribution >= 4 is 17.3 Å². The lowest BCUT2D eigenvalue weighted by Crippen LogP contribution is -2.01. The molecule has 5 nitrogen and oxygen atoms in total. The molecule has 0 fully saturated rings. The van der Waals surface area contributed by atoms with Crippen LogP contribution in [0.4, 0.5) is 0 Å². The molecular formula is C11H10N2O3S. The van der Waals surface area contributed by atoms with E-state index in [0.717, 1.165) is 5.56 Å². The predicted molar refractivity (Wildman–Crippen MR) is 63.5 cm³/mol. The van der Waals surface area contributed by atoms with Crippen molar-refractivity contribution in [3.63, 3.8) is 0 Å². The molecule has 17 heavy (non-hydrogen) atoms. The van der Waals surface area contributed by atoms with Gasteiger partial charge < -0.3 is 9.84 Å². The van der Waals surface area contributed by atoms with Crippen LogP contribution in [0.5, 0.6) is 5.06 Å². The Balaban J connectivity index is 2.44. The molecule has 2 aromatic heterocycles. The molecule has 0 atom stereocenters. The van der Waals surface area contributed by atoms with Crippen molar-refractivity contribution in [1.82, 2.24) is 9.97 Å². The van der Waals surface area contributed by atoms with Crippen molar-refractivity contribution in [3.8, 4) is 15.6 Å². The van der Waals surface area contributed by atoms with Gasteiger partial charge in [0.1, 0.15) is 5.01 Å². The molecule has 2 rings (SSSR count). The minimum absolute atomic E-state index is 0.0456. The third-order valence-corrected chi connectivity index (χ3v) is 3.00. The fraction of sp³-hybridized carbons (Fsp3) is 0.182. The van der Waals surface area contributed by atoms with Crippen molar-refractivity contribution in [3.05, 3.63) is 30.2 Å². The number of aromatic nitrogens is 2. The van der Waals surface area contributed by atoms with Crippen LogP contribution in [0.25, 0.3) is 10.6 Å². The Labute approximate surface area is 102 Å². The first kappa shape index (κ1) is 11.5. The van der Waals surface area contributed by atoms with E-state index in [1.165, 1.54) is 11.3 Å². The number of hydrogen-bond donors (Lipinski definition) is 1. The number of pyridine rings is 1. The monoisotopic (exact) mass is 250 g/mol. The summed E-state index contributed by atoms with van der Waals surface area (Å²) in [5.74, 6) is -1.08. The number of ether oxygens (including phenoxy) is 1. The van der Waals surface area contributed by atoms with Crippen molar-refractivity contribution in [1.29, 1.82) is 0 Å². The maximum atomic E-state index is 11.0. The molecule has 0 aromatic carbocycles. The summed E-state index contributed by atoms with van der Waals surface area (Å²) in [6.45, 7) is 2.21. The van der Waals surface area contributed by atoms with Gasteiger partial charge in [-0.1, -0.05) is 11.3 Å². The van der Waals surface area contributed by atoms with E-state index in [1.54, 1.807) is 25.4 Å². The van der Waals surface area contributed by atoms with Crippen molar-refractivity contribution in [2.24, 2.45) is 0 Å². The number of hydrogen-bond acceptors (Lipinski definition) is 5. The summed E-state index contributed by atoms with van der Waals surface area (Å²) in [5.41, 5.74) is 0.738. The third kappa shape index (κ3) is 2.42. The number of carbonyl (C=O) groups is 1. The first-order valence-electron chi connectivity index (χ1n) is 4.99. The lowest BCUT2D eigenvalue weighted by Gasteiger charge is -1.97. The van der Waals surface area contributed by atoms with Crippen LogP contribution in [-0.4, -0.2) is 27.7 Å². The molecule has 0 saturated heterocycles. The molecule has 0 bridgehead atoms. The second kappa shape index (κ2) is 4.92. The summed E-state index contributed by atoms with van der Waals surface area (Å²) in [5, 5.41) is 9.93. The highest BCUT2D eigenvalue weighted by Crippen LogP contribution is 2.33. The molecule has 0 aliphatic heterocycles. The maximum Gasteiger partial charge on any atom is 0.359 e. The van der Waals surface area contributed by atoms with Gasteiger partial charge in [0.25, 0.3) is 0 Å². The number of carboxylic acids is 1. The number of nitrogens with zero attached hydrogens (tertiary/aromatic N) is 2. The quantitative estimate of drug-likeness (QED) is 0.901. The molecule has 2 heterocycles. The lowest BCUT2D eigenvalue weighted by atomic mass is 10.3. The molecule has 88 valence electrons. The summed E-state index contributed by atoms with van der Waals surface area (Å²) in [6, 6.07) is 3.60. The summed E-state index contributed by atoms with van der Waals surface area (Å²) >= 11 is 1.21. The minimum Gasteiger partial charge on any atom is -0.482 e. The zero-order chi connectivity index (χ0) is 12.3. The van der Waals surface area contributed by atoms with Crippen LogP contribution in [0, 0.1) is 0 Å². The van der Waals surface area contributed by atoms with Gasteiger partial charge in [0, 0.05) is 18.0 Å². The van der Waals surface area contributed by atoms with Crippen LogP contribution >= 0.6 is 11.3 Å². The van der Waals surface area contributed by atoms with Crippen LogP contribution in [0.15, 0.2) is 24.5 Å². The normalized spacial score (nSPS) is 10.2. The highest BCUT2D eigenvalue weighted by Gasteiger charge is 2.19. The van der Waals surface area contributed by atoms with Crippen molar-refractivity contribution in [2.75, 3.05) is 6.61 Å². The molecule has 6 heteroatoms. The molecule has 0 amide bonds. The molecule has 0 spiro atoms. The molecule has 0 saturated carbocycles. The van der Waals surface area contributed by atoms with Gasteiger partial charge in [-0.15, -0.1) is 0 Å². The van der Waals surface area contributed by atoms with Crippen LogP contribution in [0.2, 0.25) is 0 Å². The SMILES string of the molecule is CCOc1sc(-c2cccnc2)nc1C(=O)O. The van der Waals surface area contributed by atoms with E-state index in [1.807, 2.05) is 6.07 Å². The Kier molecular flexibility index (Phi) is 3.34. The fourth-order valence-corrected chi connectivity index (χ4v) is 2.24. The Hall–Kier alpha value is -1.95. The highest BCUT2D eigenvalue weighted by atomic mass is 32.1. The van der Waals surface area contributed by atoms with Crippen LogP contribution in [0.3, 0.4) is 0 Å². The van der Waals surface area contributed by atoms with Crippen LogP contribution in [0.1, 0.15) is 17.4 Å². The van der Waals surface area contributed by atoms with Crippen LogP contribution in [-0.2, 0) is 0 Å².